The second kappa shape index (κ2) is 6.08. The summed E-state index contributed by atoms with van der Waals surface area (Å²) in [7, 11) is 0. The van der Waals surface area contributed by atoms with Crippen molar-refractivity contribution >= 4 is 22.8 Å². The number of carbonyl (C=O) groups excluding carboxylic acids is 1. The van der Waals surface area contributed by atoms with Gasteiger partial charge in [-0.25, -0.2) is 0 Å². The first kappa shape index (κ1) is 15.4. The second-order valence-electron chi connectivity index (χ2n) is 6.21. The Morgan fingerprint density at radius 3 is 2.72 bits per heavy atom. The van der Waals surface area contributed by atoms with Gasteiger partial charge in [0.2, 0.25) is 0 Å². The van der Waals surface area contributed by atoms with E-state index in [0.29, 0.717) is 42.9 Å². The van der Waals surface area contributed by atoms with Crippen molar-refractivity contribution in [1.82, 2.24) is 15.1 Å². The fraction of sp³-hybridized carbons (Fsp3) is 0.278. The molecule has 0 spiro atoms. The highest BCUT2D eigenvalue weighted by Gasteiger charge is 2.29. The van der Waals surface area contributed by atoms with Crippen molar-refractivity contribution in [1.29, 1.82) is 0 Å². The maximum atomic E-state index is 12.8. The van der Waals surface area contributed by atoms with Gasteiger partial charge >= 0.3 is 5.97 Å². The summed E-state index contributed by atoms with van der Waals surface area (Å²) in [5, 5.41) is 16.9. The molecule has 1 saturated heterocycles. The van der Waals surface area contributed by atoms with Gasteiger partial charge in [-0.05, 0) is 25.0 Å². The van der Waals surface area contributed by atoms with Crippen molar-refractivity contribution in [3.05, 3.63) is 42.1 Å². The van der Waals surface area contributed by atoms with Gasteiger partial charge in [-0.15, -0.1) is 0 Å². The van der Waals surface area contributed by atoms with Crippen LogP contribution in [0, 0.1) is 5.92 Å². The molecular formula is C18H17N3O4. The number of H-pyrrole nitrogens is 1. The van der Waals surface area contributed by atoms with Crippen LogP contribution in [0.25, 0.3) is 22.4 Å². The van der Waals surface area contributed by atoms with Crippen LogP contribution >= 0.6 is 0 Å². The second-order valence-corrected chi connectivity index (χ2v) is 6.21. The zero-order chi connectivity index (χ0) is 17.4. The average molecular weight is 339 g/mol. The molecule has 0 radical (unpaired) electrons. The molecule has 4 rings (SSSR count). The number of para-hydroxylation sites is 1. The number of hydrogen-bond acceptors (Lipinski definition) is 4. The number of aromatic nitrogens is 2. The van der Waals surface area contributed by atoms with Gasteiger partial charge in [0.1, 0.15) is 11.3 Å². The molecule has 1 amide bonds. The standard InChI is InChI=1S/C18H17N3O4/c22-17(21-7-5-11(6-8-21)18(23)24)13-10-19-20-16(13)15-9-12-3-1-2-4-14(12)25-15/h1-4,9-11H,5-8H2,(H,19,20)(H,23,24). The number of furan rings is 1. The summed E-state index contributed by atoms with van der Waals surface area (Å²) < 4.78 is 5.82. The van der Waals surface area contributed by atoms with E-state index in [0.717, 1.165) is 11.0 Å². The summed E-state index contributed by atoms with van der Waals surface area (Å²) in [5.41, 5.74) is 1.72. The van der Waals surface area contributed by atoms with Gasteiger partial charge < -0.3 is 14.4 Å². The van der Waals surface area contributed by atoms with E-state index in [1.165, 1.54) is 6.20 Å². The number of nitrogens with zero attached hydrogens (tertiary/aromatic N) is 2. The van der Waals surface area contributed by atoms with Crippen LogP contribution in [0.2, 0.25) is 0 Å². The SMILES string of the molecule is O=C(O)C1CCN(C(=O)c2cn[nH]c2-c2cc3ccccc3o2)CC1. The lowest BCUT2D eigenvalue weighted by Crippen LogP contribution is -2.40. The molecule has 2 N–H and O–H groups in total. The Labute approximate surface area is 143 Å². The minimum Gasteiger partial charge on any atom is -0.481 e. The molecule has 3 aromatic rings. The first-order valence-electron chi connectivity index (χ1n) is 8.18. The van der Waals surface area contributed by atoms with Crippen molar-refractivity contribution in [3.63, 3.8) is 0 Å². The number of amides is 1. The normalized spacial score (nSPS) is 15.6. The average Bonchev–Trinajstić information content (AvgIpc) is 3.27. The van der Waals surface area contributed by atoms with Crippen LogP contribution in [0.4, 0.5) is 0 Å². The molecule has 7 heteroatoms. The van der Waals surface area contributed by atoms with Gasteiger partial charge in [-0.2, -0.15) is 5.10 Å². The van der Waals surface area contributed by atoms with E-state index in [-0.39, 0.29) is 11.8 Å². The van der Waals surface area contributed by atoms with Gasteiger partial charge in [-0.3, -0.25) is 14.7 Å². The highest BCUT2D eigenvalue weighted by Crippen LogP contribution is 2.29. The third-order valence-electron chi connectivity index (χ3n) is 4.67. The molecule has 25 heavy (non-hydrogen) atoms. The summed E-state index contributed by atoms with van der Waals surface area (Å²) >= 11 is 0. The summed E-state index contributed by atoms with van der Waals surface area (Å²) in [6.45, 7) is 0.862. The molecule has 1 aromatic carbocycles. The number of fused-ring (bicyclic) bond motifs is 1. The van der Waals surface area contributed by atoms with Crippen molar-refractivity contribution < 1.29 is 19.1 Å². The van der Waals surface area contributed by atoms with Crippen LogP contribution < -0.4 is 0 Å². The number of piperidine rings is 1. The third-order valence-corrected chi connectivity index (χ3v) is 4.67. The Kier molecular flexibility index (Phi) is 3.76. The molecular weight excluding hydrogens is 322 g/mol. The van der Waals surface area contributed by atoms with Crippen molar-refractivity contribution in [2.24, 2.45) is 5.92 Å². The zero-order valence-electron chi connectivity index (χ0n) is 13.4. The number of nitrogens with one attached hydrogen (secondary N) is 1. The van der Waals surface area contributed by atoms with E-state index in [4.69, 9.17) is 9.52 Å². The predicted octanol–water partition coefficient (Wildman–Crippen LogP) is 2.76. The van der Waals surface area contributed by atoms with Gasteiger partial charge in [-0.1, -0.05) is 18.2 Å². The van der Waals surface area contributed by atoms with E-state index in [1.807, 2.05) is 30.3 Å². The molecule has 0 aliphatic carbocycles. The molecule has 1 fully saturated rings. The smallest absolute Gasteiger partial charge is 0.306 e. The Balaban J connectivity index is 1.59. The molecule has 2 aromatic heterocycles. The van der Waals surface area contributed by atoms with Gasteiger partial charge in [0.05, 0.1) is 17.7 Å². The number of carboxylic acid groups (broad SMARTS) is 1. The Morgan fingerprint density at radius 1 is 1.24 bits per heavy atom. The van der Waals surface area contributed by atoms with E-state index in [2.05, 4.69) is 10.2 Å². The van der Waals surface area contributed by atoms with Crippen LogP contribution in [-0.4, -0.2) is 45.2 Å². The fourth-order valence-corrected chi connectivity index (χ4v) is 3.24. The summed E-state index contributed by atoms with van der Waals surface area (Å²) in [6, 6.07) is 9.50. The summed E-state index contributed by atoms with van der Waals surface area (Å²) in [6.07, 6.45) is 2.44. The first-order valence-corrected chi connectivity index (χ1v) is 8.18. The lowest BCUT2D eigenvalue weighted by molar-refractivity contribution is -0.143. The summed E-state index contributed by atoms with van der Waals surface area (Å²) in [4.78, 5) is 25.6. The lowest BCUT2D eigenvalue weighted by Gasteiger charge is -2.30. The topological polar surface area (TPSA) is 99.4 Å². The summed E-state index contributed by atoms with van der Waals surface area (Å²) in [5.74, 6) is -0.767. The molecule has 7 nitrogen and oxygen atoms in total. The van der Waals surface area contributed by atoms with E-state index in [9.17, 15) is 9.59 Å². The monoisotopic (exact) mass is 339 g/mol. The minimum absolute atomic E-state index is 0.159. The van der Waals surface area contributed by atoms with Gasteiger partial charge in [0.25, 0.3) is 5.91 Å². The molecule has 0 bridgehead atoms. The highest BCUT2D eigenvalue weighted by atomic mass is 16.4. The Hall–Kier alpha value is -3.09. The Morgan fingerprint density at radius 2 is 2.00 bits per heavy atom. The molecule has 3 heterocycles. The van der Waals surface area contributed by atoms with Gasteiger partial charge in [0, 0.05) is 18.5 Å². The molecule has 0 atom stereocenters. The molecule has 0 unspecified atom stereocenters. The quantitative estimate of drug-likeness (QED) is 0.764. The van der Waals surface area contributed by atoms with Crippen LogP contribution in [0.3, 0.4) is 0 Å². The number of hydrogen-bond donors (Lipinski definition) is 2. The first-order chi connectivity index (χ1) is 12.1. The number of aromatic amines is 1. The number of rotatable bonds is 3. The van der Waals surface area contributed by atoms with Crippen molar-refractivity contribution in [3.8, 4) is 11.5 Å². The number of benzene rings is 1. The Bertz CT molecular complexity index is 902. The van der Waals surface area contributed by atoms with Crippen LogP contribution in [0.5, 0.6) is 0 Å². The van der Waals surface area contributed by atoms with E-state index < -0.39 is 5.97 Å². The molecule has 128 valence electrons. The van der Waals surface area contributed by atoms with Crippen molar-refractivity contribution in [2.75, 3.05) is 13.1 Å². The molecule has 1 aliphatic heterocycles. The maximum Gasteiger partial charge on any atom is 0.306 e. The highest BCUT2D eigenvalue weighted by molar-refractivity contribution is 6.00. The number of aliphatic carboxylic acids is 1. The number of carbonyl (C=O) groups is 2. The molecule has 1 aliphatic rings. The van der Waals surface area contributed by atoms with E-state index >= 15 is 0 Å². The maximum absolute atomic E-state index is 12.8. The van der Waals surface area contributed by atoms with Gasteiger partial charge in [0.15, 0.2) is 5.76 Å². The fourth-order valence-electron chi connectivity index (χ4n) is 3.24. The van der Waals surface area contributed by atoms with Crippen LogP contribution in [0.15, 0.2) is 40.9 Å². The van der Waals surface area contributed by atoms with Crippen LogP contribution in [0.1, 0.15) is 23.2 Å². The number of carboxylic acids is 1. The van der Waals surface area contributed by atoms with Crippen LogP contribution in [-0.2, 0) is 4.79 Å². The van der Waals surface area contributed by atoms with E-state index in [1.54, 1.807) is 4.90 Å². The minimum atomic E-state index is -0.793. The molecule has 0 saturated carbocycles. The largest absolute Gasteiger partial charge is 0.481 e. The number of likely N-dealkylation sites (tertiary alicyclic amines) is 1. The predicted molar refractivity (Wildman–Crippen MR) is 90.1 cm³/mol. The zero-order valence-corrected chi connectivity index (χ0v) is 13.4. The lowest BCUT2D eigenvalue weighted by atomic mass is 9.96. The van der Waals surface area contributed by atoms with Crippen molar-refractivity contribution in [2.45, 2.75) is 12.8 Å². The third kappa shape index (κ3) is 2.77.